The number of carbonyl (C=O) groups is 3. The number of anilines is 1. The number of amides is 4. The van der Waals surface area contributed by atoms with E-state index >= 15 is 0 Å². The van der Waals surface area contributed by atoms with E-state index in [1.54, 1.807) is 23.5 Å². The number of nitrogens with one attached hydrogen (secondary N) is 3. The first-order chi connectivity index (χ1) is 20.1. The highest BCUT2D eigenvalue weighted by Gasteiger charge is 2.27. The average Bonchev–Trinajstić information content (AvgIpc) is 2.95. The minimum absolute atomic E-state index is 0.243. The van der Waals surface area contributed by atoms with Crippen molar-refractivity contribution in [2.75, 3.05) is 31.6 Å². The van der Waals surface area contributed by atoms with E-state index in [4.69, 9.17) is 9.47 Å². The normalized spacial score (nSPS) is 15.1. The minimum Gasteiger partial charge on any atom is -0.450 e. The van der Waals surface area contributed by atoms with Crippen LogP contribution >= 0.6 is 0 Å². The van der Waals surface area contributed by atoms with E-state index in [0.29, 0.717) is 31.9 Å². The number of nitrogens with zero attached hydrogens (tertiary/aromatic N) is 3. The van der Waals surface area contributed by atoms with E-state index in [1.807, 2.05) is 58.0 Å². The Morgan fingerprint density at radius 1 is 1.07 bits per heavy atom. The summed E-state index contributed by atoms with van der Waals surface area (Å²) in [6.07, 6.45) is 6.88. The molecular weight excluding hydrogens is 536 g/mol. The van der Waals surface area contributed by atoms with Crippen LogP contribution in [0.1, 0.15) is 52.5 Å². The third-order valence-electron chi connectivity index (χ3n) is 6.91. The molecule has 1 saturated heterocycles. The molecule has 3 aromatic rings. The maximum Gasteiger partial charge on any atom is 0.410 e. The van der Waals surface area contributed by atoms with Gasteiger partial charge < -0.3 is 25.0 Å². The fourth-order valence-corrected chi connectivity index (χ4v) is 4.95. The number of hydrogen-bond donors (Lipinski definition) is 3. The fourth-order valence-electron chi connectivity index (χ4n) is 4.95. The largest absolute Gasteiger partial charge is 0.450 e. The van der Waals surface area contributed by atoms with Crippen LogP contribution in [-0.2, 0) is 16.0 Å². The lowest BCUT2D eigenvalue weighted by Gasteiger charge is -2.34. The van der Waals surface area contributed by atoms with E-state index in [0.717, 1.165) is 40.3 Å². The van der Waals surface area contributed by atoms with Gasteiger partial charge in [0.25, 0.3) is 0 Å². The number of pyridine rings is 2. The quantitative estimate of drug-likeness (QED) is 0.313. The number of urea groups is 1. The maximum absolute atomic E-state index is 12.6. The summed E-state index contributed by atoms with van der Waals surface area (Å²) in [5, 5.41) is 10.0. The third kappa shape index (κ3) is 8.55. The zero-order valence-electron chi connectivity index (χ0n) is 24.7. The number of ether oxygens (including phenoxy) is 2. The smallest absolute Gasteiger partial charge is 0.410 e. The van der Waals surface area contributed by atoms with Gasteiger partial charge in [-0.25, -0.2) is 19.4 Å². The van der Waals surface area contributed by atoms with Crippen LogP contribution in [0.4, 0.5) is 20.2 Å². The van der Waals surface area contributed by atoms with Crippen LogP contribution in [0.5, 0.6) is 0 Å². The molecule has 224 valence electrons. The minimum atomic E-state index is -0.531. The second kappa shape index (κ2) is 14.0. The lowest BCUT2D eigenvalue weighted by molar-refractivity contribution is 0.0149. The van der Waals surface area contributed by atoms with Gasteiger partial charge in [0.15, 0.2) is 0 Å². The molecule has 1 aromatic carbocycles. The zero-order chi connectivity index (χ0) is 30.1. The predicted molar refractivity (Wildman–Crippen MR) is 161 cm³/mol. The van der Waals surface area contributed by atoms with Crippen molar-refractivity contribution in [3.63, 3.8) is 0 Å². The highest BCUT2D eigenvalue weighted by atomic mass is 16.6. The van der Waals surface area contributed by atoms with E-state index in [2.05, 4.69) is 25.9 Å². The fraction of sp³-hybridized carbons (Fsp3) is 0.452. The van der Waals surface area contributed by atoms with Crippen molar-refractivity contribution in [3.8, 4) is 11.1 Å². The van der Waals surface area contributed by atoms with Gasteiger partial charge in [0, 0.05) is 50.2 Å². The second-order valence-electron chi connectivity index (χ2n) is 11.3. The number of carbonyl (C=O) groups excluding carboxylic acids is 3. The van der Waals surface area contributed by atoms with Crippen molar-refractivity contribution in [1.82, 2.24) is 25.5 Å². The van der Waals surface area contributed by atoms with Crippen LogP contribution < -0.4 is 16.0 Å². The molecule has 11 heteroatoms. The molecule has 0 spiro atoms. The standard InChI is InChI=1S/C31H40N6O5/c1-5-33-28(38)36-27-17-25-24(22-10-13-32-14-11-22)9-8-23(26(25)19-34-27)18-35-29(39)41-16-12-21-7-6-15-37(20-21)30(40)42-31(2,3)4/h8-11,13-14,17,19,21H,5-7,12,15-16,18,20H2,1-4H3,(H,35,39)(H2,33,34,36,38)/t21-/m1/s1. The SMILES string of the molecule is CCNC(=O)Nc1cc2c(-c3ccncc3)ccc(CNC(=O)OCC[C@H]3CCCN(C(=O)OC(C)(C)C)C3)c2cn1. The number of alkyl carbamates (subject to hydrolysis) is 1. The van der Waals surface area contributed by atoms with Gasteiger partial charge in [0.2, 0.25) is 0 Å². The van der Waals surface area contributed by atoms with Gasteiger partial charge >= 0.3 is 18.2 Å². The third-order valence-corrected chi connectivity index (χ3v) is 6.91. The highest BCUT2D eigenvalue weighted by molar-refractivity contribution is 6.00. The van der Waals surface area contributed by atoms with Crippen LogP contribution in [0.25, 0.3) is 21.9 Å². The Morgan fingerprint density at radius 3 is 2.60 bits per heavy atom. The van der Waals surface area contributed by atoms with E-state index in [-0.39, 0.29) is 31.2 Å². The summed E-state index contributed by atoms with van der Waals surface area (Å²) in [6, 6.07) is 9.26. The Balaban J connectivity index is 1.37. The van der Waals surface area contributed by atoms with Crippen molar-refractivity contribution in [1.29, 1.82) is 0 Å². The van der Waals surface area contributed by atoms with Gasteiger partial charge in [-0.3, -0.25) is 10.3 Å². The van der Waals surface area contributed by atoms with Gasteiger partial charge in [-0.05, 0) is 93.2 Å². The summed E-state index contributed by atoms with van der Waals surface area (Å²) < 4.78 is 11.0. The molecule has 4 amide bonds. The van der Waals surface area contributed by atoms with Crippen molar-refractivity contribution in [2.24, 2.45) is 5.92 Å². The number of rotatable bonds is 8. The molecular formula is C31H40N6O5. The molecule has 3 N–H and O–H groups in total. The second-order valence-corrected chi connectivity index (χ2v) is 11.3. The lowest BCUT2D eigenvalue weighted by atomic mass is 9.95. The molecule has 0 bridgehead atoms. The van der Waals surface area contributed by atoms with Gasteiger partial charge in [-0.2, -0.15) is 0 Å². The molecule has 0 radical (unpaired) electrons. The summed E-state index contributed by atoms with van der Waals surface area (Å²) >= 11 is 0. The van der Waals surface area contributed by atoms with Gasteiger partial charge in [-0.1, -0.05) is 12.1 Å². The first-order valence-electron chi connectivity index (χ1n) is 14.4. The summed E-state index contributed by atoms with van der Waals surface area (Å²) in [6.45, 7) is 9.69. The Morgan fingerprint density at radius 2 is 1.86 bits per heavy atom. The van der Waals surface area contributed by atoms with E-state index in [9.17, 15) is 14.4 Å². The summed E-state index contributed by atoms with van der Waals surface area (Å²) in [4.78, 5) is 47.3. The average molecular weight is 577 g/mol. The van der Waals surface area contributed by atoms with Crippen LogP contribution in [0.2, 0.25) is 0 Å². The van der Waals surface area contributed by atoms with Crippen molar-refractivity contribution in [2.45, 2.75) is 59.1 Å². The lowest BCUT2D eigenvalue weighted by Crippen LogP contribution is -2.43. The number of likely N-dealkylation sites (tertiary alicyclic amines) is 1. The topological polar surface area (TPSA) is 135 Å². The Kier molecular flexibility index (Phi) is 10.2. The summed E-state index contributed by atoms with van der Waals surface area (Å²) in [5.74, 6) is 0.665. The first-order valence-corrected chi connectivity index (χ1v) is 14.4. The molecule has 1 fully saturated rings. The number of fused-ring (bicyclic) bond motifs is 1. The molecule has 2 aromatic heterocycles. The monoisotopic (exact) mass is 576 g/mol. The van der Waals surface area contributed by atoms with Gasteiger partial charge in [0.1, 0.15) is 11.4 Å². The van der Waals surface area contributed by atoms with Crippen molar-refractivity contribution >= 4 is 34.8 Å². The highest BCUT2D eigenvalue weighted by Crippen LogP contribution is 2.32. The van der Waals surface area contributed by atoms with Gasteiger partial charge in [-0.15, -0.1) is 0 Å². The van der Waals surface area contributed by atoms with Gasteiger partial charge in [0.05, 0.1) is 6.61 Å². The molecule has 3 heterocycles. The Hall–Kier alpha value is -4.41. The molecule has 42 heavy (non-hydrogen) atoms. The molecule has 1 aliphatic heterocycles. The number of hydrogen-bond acceptors (Lipinski definition) is 7. The molecule has 1 atom stereocenters. The maximum atomic E-state index is 12.6. The van der Waals surface area contributed by atoms with Crippen LogP contribution in [-0.4, -0.2) is 64.9 Å². The van der Waals surface area contributed by atoms with E-state index in [1.165, 1.54) is 0 Å². The number of piperidine rings is 1. The van der Waals surface area contributed by atoms with Crippen LogP contribution in [0.15, 0.2) is 48.9 Å². The molecule has 11 nitrogen and oxygen atoms in total. The summed E-state index contributed by atoms with van der Waals surface area (Å²) in [5.41, 5.74) is 2.25. The first kappa shape index (κ1) is 30.5. The summed E-state index contributed by atoms with van der Waals surface area (Å²) in [7, 11) is 0. The Bertz CT molecular complexity index is 1390. The molecule has 4 rings (SSSR count). The molecule has 0 unspecified atom stereocenters. The zero-order valence-corrected chi connectivity index (χ0v) is 24.7. The van der Waals surface area contributed by atoms with Crippen LogP contribution in [0.3, 0.4) is 0 Å². The molecule has 0 aliphatic carbocycles. The van der Waals surface area contributed by atoms with Crippen molar-refractivity contribution < 1.29 is 23.9 Å². The van der Waals surface area contributed by atoms with E-state index < -0.39 is 11.7 Å². The van der Waals surface area contributed by atoms with Crippen molar-refractivity contribution in [3.05, 3.63) is 54.5 Å². The number of benzene rings is 1. The molecule has 1 aliphatic rings. The molecule has 0 saturated carbocycles. The Labute approximate surface area is 246 Å². The van der Waals surface area contributed by atoms with Crippen LogP contribution in [0, 0.1) is 5.92 Å². The number of aromatic nitrogens is 2. The predicted octanol–water partition coefficient (Wildman–Crippen LogP) is 5.70.